The zero-order valence-corrected chi connectivity index (χ0v) is 13.8. The molecule has 0 saturated heterocycles. The van der Waals surface area contributed by atoms with Crippen molar-refractivity contribution in [3.8, 4) is 5.75 Å². The van der Waals surface area contributed by atoms with Crippen LogP contribution < -0.4 is 10.1 Å². The minimum Gasteiger partial charge on any atom is -0.410 e. The fourth-order valence-corrected chi connectivity index (χ4v) is 2.55. The lowest BCUT2D eigenvalue weighted by molar-refractivity contribution is 0.190. The number of carbonyl (C=O) groups is 1. The Kier molecular flexibility index (Phi) is 5.44. The first kappa shape index (κ1) is 16.4. The highest BCUT2D eigenvalue weighted by Crippen LogP contribution is 2.24. The molecule has 0 fully saturated rings. The molecule has 0 atom stereocenters. The van der Waals surface area contributed by atoms with Crippen molar-refractivity contribution in [1.82, 2.24) is 10.3 Å². The summed E-state index contributed by atoms with van der Waals surface area (Å²) < 4.78 is 5.28. The van der Waals surface area contributed by atoms with Gasteiger partial charge in [-0.15, -0.1) is 11.8 Å². The third-order valence-corrected chi connectivity index (χ3v) is 3.62. The largest absolute Gasteiger partial charge is 0.413 e. The van der Waals surface area contributed by atoms with Gasteiger partial charge in [0.2, 0.25) is 0 Å². The molecule has 1 aromatic heterocycles. The molecule has 0 radical (unpaired) electrons. The molecular formula is C17H20N2O2S. The van der Waals surface area contributed by atoms with Gasteiger partial charge in [-0.3, -0.25) is 0 Å². The molecule has 1 amide bonds. The first-order chi connectivity index (χ1) is 10.4. The van der Waals surface area contributed by atoms with E-state index in [1.807, 2.05) is 39.0 Å². The lowest BCUT2D eigenvalue weighted by atomic mass is 10.1. The zero-order chi connectivity index (χ0) is 16.0. The van der Waals surface area contributed by atoms with Crippen LogP contribution in [0.1, 0.15) is 26.3 Å². The van der Waals surface area contributed by atoms with Crippen molar-refractivity contribution >= 4 is 17.9 Å². The Bertz CT molecular complexity index is 624. The normalized spacial score (nSPS) is 11.0. The van der Waals surface area contributed by atoms with E-state index in [1.54, 1.807) is 30.1 Å². The van der Waals surface area contributed by atoms with Crippen LogP contribution in [0.3, 0.4) is 0 Å². The number of nitrogens with one attached hydrogen (secondary N) is 1. The van der Waals surface area contributed by atoms with Crippen molar-refractivity contribution in [3.05, 3.63) is 54.2 Å². The van der Waals surface area contributed by atoms with Gasteiger partial charge in [-0.05, 0) is 32.4 Å². The molecule has 0 bridgehead atoms. The van der Waals surface area contributed by atoms with Crippen LogP contribution in [-0.4, -0.2) is 16.6 Å². The second-order valence-corrected chi connectivity index (χ2v) is 6.86. The molecule has 2 rings (SSSR count). The number of hydrogen-bond acceptors (Lipinski definition) is 4. The minimum atomic E-state index is -0.460. The molecule has 0 aliphatic rings. The van der Waals surface area contributed by atoms with Gasteiger partial charge in [0.1, 0.15) is 5.75 Å². The minimum absolute atomic E-state index is 0.324. The Balaban J connectivity index is 1.94. The van der Waals surface area contributed by atoms with Crippen LogP contribution in [0.4, 0.5) is 4.79 Å². The number of pyridine rings is 1. The van der Waals surface area contributed by atoms with Crippen molar-refractivity contribution in [3.63, 3.8) is 0 Å². The summed E-state index contributed by atoms with van der Waals surface area (Å²) in [5.74, 6) is 1.32. The van der Waals surface area contributed by atoms with Gasteiger partial charge in [0.25, 0.3) is 0 Å². The topological polar surface area (TPSA) is 51.2 Å². The summed E-state index contributed by atoms with van der Waals surface area (Å²) in [5.41, 5.74) is 0.903. The lowest BCUT2D eigenvalue weighted by Crippen LogP contribution is -2.42. The van der Waals surface area contributed by atoms with Gasteiger partial charge >= 0.3 is 6.09 Å². The summed E-state index contributed by atoms with van der Waals surface area (Å²) in [6.07, 6.45) is 1.19. The lowest BCUT2D eigenvalue weighted by Gasteiger charge is -2.19. The van der Waals surface area contributed by atoms with Crippen LogP contribution in [0, 0.1) is 0 Å². The first-order valence-electron chi connectivity index (χ1n) is 7.05. The number of nitrogens with zero attached hydrogens (tertiary/aromatic N) is 1. The van der Waals surface area contributed by atoms with Crippen molar-refractivity contribution in [2.45, 2.75) is 37.1 Å². The molecule has 116 valence electrons. The van der Waals surface area contributed by atoms with Crippen molar-refractivity contribution in [2.75, 3.05) is 0 Å². The van der Waals surface area contributed by atoms with Gasteiger partial charge in [-0.1, -0.05) is 30.3 Å². The van der Waals surface area contributed by atoms with E-state index >= 15 is 0 Å². The average molecular weight is 316 g/mol. The van der Waals surface area contributed by atoms with Crippen molar-refractivity contribution in [2.24, 2.45) is 0 Å². The van der Waals surface area contributed by atoms with E-state index < -0.39 is 6.09 Å². The van der Waals surface area contributed by atoms with E-state index in [9.17, 15) is 4.79 Å². The van der Waals surface area contributed by atoms with E-state index in [4.69, 9.17) is 4.74 Å². The summed E-state index contributed by atoms with van der Waals surface area (Å²) >= 11 is 1.61. The SMILES string of the molecule is CC(C)(C)NC(=O)Oc1ccnc(SCc2ccccc2)c1. The summed E-state index contributed by atoms with van der Waals surface area (Å²) in [7, 11) is 0. The molecule has 1 aromatic carbocycles. The fourth-order valence-electron chi connectivity index (χ4n) is 1.70. The van der Waals surface area contributed by atoms with E-state index in [0.29, 0.717) is 5.75 Å². The number of thioether (sulfide) groups is 1. The fraction of sp³-hybridized carbons (Fsp3) is 0.294. The number of ether oxygens (including phenoxy) is 1. The van der Waals surface area contributed by atoms with Crippen LogP contribution in [-0.2, 0) is 5.75 Å². The third kappa shape index (κ3) is 5.77. The van der Waals surface area contributed by atoms with Gasteiger partial charge in [0.05, 0.1) is 5.03 Å². The van der Waals surface area contributed by atoms with Gasteiger partial charge in [0, 0.05) is 23.6 Å². The molecule has 0 aliphatic carbocycles. The molecular weight excluding hydrogens is 296 g/mol. The predicted molar refractivity (Wildman–Crippen MR) is 89.2 cm³/mol. The maximum atomic E-state index is 11.8. The molecule has 22 heavy (non-hydrogen) atoms. The Hall–Kier alpha value is -2.01. The van der Waals surface area contributed by atoms with E-state index in [0.717, 1.165) is 10.8 Å². The quantitative estimate of drug-likeness (QED) is 0.856. The standard InChI is InChI=1S/C17H20N2O2S/c1-17(2,3)19-16(20)21-14-9-10-18-15(11-14)22-12-13-7-5-4-6-8-13/h4-11H,12H2,1-3H3,(H,19,20). The Morgan fingerprint density at radius 1 is 1.23 bits per heavy atom. The third-order valence-electron chi connectivity index (χ3n) is 2.62. The van der Waals surface area contributed by atoms with Gasteiger partial charge in [0.15, 0.2) is 0 Å². The van der Waals surface area contributed by atoms with E-state index in [2.05, 4.69) is 22.4 Å². The van der Waals surface area contributed by atoms with E-state index in [-0.39, 0.29) is 5.54 Å². The maximum Gasteiger partial charge on any atom is 0.413 e. The van der Waals surface area contributed by atoms with Crippen LogP contribution in [0.15, 0.2) is 53.7 Å². The Labute approximate surface area is 135 Å². The van der Waals surface area contributed by atoms with Crippen LogP contribution in [0.5, 0.6) is 5.75 Å². The number of aromatic nitrogens is 1. The highest BCUT2D eigenvalue weighted by atomic mass is 32.2. The van der Waals surface area contributed by atoms with Gasteiger partial charge in [-0.2, -0.15) is 0 Å². The Morgan fingerprint density at radius 3 is 2.64 bits per heavy atom. The highest BCUT2D eigenvalue weighted by Gasteiger charge is 2.15. The number of rotatable bonds is 4. The van der Waals surface area contributed by atoms with Crippen LogP contribution in [0.2, 0.25) is 0 Å². The molecule has 0 saturated carbocycles. The molecule has 4 nitrogen and oxygen atoms in total. The molecule has 1 N–H and O–H groups in total. The smallest absolute Gasteiger partial charge is 0.410 e. The molecule has 1 heterocycles. The summed E-state index contributed by atoms with van der Waals surface area (Å²) in [6.45, 7) is 5.71. The average Bonchev–Trinajstić information content (AvgIpc) is 2.44. The monoisotopic (exact) mass is 316 g/mol. The predicted octanol–water partition coefficient (Wildman–Crippen LogP) is 4.26. The van der Waals surface area contributed by atoms with Crippen LogP contribution in [0.25, 0.3) is 0 Å². The molecule has 2 aromatic rings. The Morgan fingerprint density at radius 2 is 1.95 bits per heavy atom. The maximum absolute atomic E-state index is 11.8. The zero-order valence-electron chi connectivity index (χ0n) is 13.0. The highest BCUT2D eigenvalue weighted by molar-refractivity contribution is 7.98. The second-order valence-electron chi connectivity index (χ2n) is 5.87. The summed E-state index contributed by atoms with van der Waals surface area (Å²) in [6, 6.07) is 13.6. The second kappa shape index (κ2) is 7.31. The van der Waals surface area contributed by atoms with Crippen molar-refractivity contribution < 1.29 is 9.53 Å². The molecule has 0 aliphatic heterocycles. The van der Waals surface area contributed by atoms with Crippen molar-refractivity contribution in [1.29, 1.82) is 0 Å². The number of hydrogen-bond donors (Lipinski definition) is 1. The number of benzene rings is 1. The summed E-state index contributed by atoms with van der Waals surface area (Å²) in [5, 5.41) is 3.58. The molecule has 5 heteroatoms. The first-order valence-corrected chi connectivity index (χ1v) is 8.04. The summed E-state index contributed by atoms with van der Waals surface area (Å²) in [4.78, 5) is 16.0. The van der Waals surface area contributed by atoms with E-state index in [1.165, 1.54) is 5.56 Å². The molecule has 0 spiro atoms. The van der Waals surface area contributed by atoms with Gasteiger partial charge < -0.3 is 10.1 Å². The van der Waals surface area contributed by atoms with Gasteiger partial charge in [-0.25, -0.2) is 9.78 Å². The van der Waals surface area contributed by atoms with Crippen LogP contribution >= 0.6 is 11.8 Å². The number of carbonyl (C=O) groups excluding carboxylic acids is 1. The molecule has 0 unspecified atom stereocenters. The number of amides is 1.